The molecule has 2 aromatic carbocycles. The quantitative estimate of drug-likeness (QED) is 0.353. The van der Waals surface area contributed by atoms with Gasteiger partial charge in [-0.05, 0) is 12.1 Å². The highest BCUT2D eigenvalue weighted by atomic mass is 19.4. The second-order valence-electron chi connectivity index (χ2n) is 5.39. The van der Waals surface area contributed by atoms with Crippen LogP contribution >= 0.6 is 0 Å². The zero-order chi connectivity index (χ0) is 25.7. The van der Waals surface area contributed by atoms with Gasteiger partial charge in [-0.15, -0.1) is 0 Å². The van der Waals surface area contributed by atoms with Gasteiger partial charge in [0.2, 0.25) is 29.7 Å². The molecule has 2 N–H and O–H groups in total. The van der Waals surface area contributed by atoms with Crippen LogP contribution in [0, 0.1) is 10.8 Å². The zero-order valence-electron chi connectivity index (χ0n) is 16.3. The number of benzene rings is 2. The number of carbonyl (C=O) groups excluding carboxylic acids is 4. The maximum absolute atomic E-state index is 14.1. The number of nitrogens with one attached hydrogen (secondary N) is 2. The Labute approximate surface area is 185 Å². The van der Waals surface area contributed by atoms with Gasteiger partial charge in [-0.3, -0.25) is 4.70 Å². The number of hydrogen-bond acceptors (Lipinski definition) is 8. The summed E-state index contributed by atoms with van der Waals surface area (Å²) in [4.78, 5) is 43.7. The third kappa shape index (κ3) is 6.73. The summed E-state index contributed by atoms with van der Waals surface area (Å²) in [5.41, 5.74) is -9.03. The predicted octanol–water partition coefficient (Wildman–Crippen LogP) is 4.99. The van der Waals surface area contributed by atoms with Crippen molar-refractivity contribution in [2.75, 3.05) is 0 Å². The Kier molecular flexibility index (Phi) is 12.8. The number of para-hydroxylation sites is 2. The van der Waals surface area contributed by atoms with Gasteiger partial charge in [-0.1, -0.05) is 36.4 Å². The number of alkyl halides is 6. The molecule has 0 spiro atoms. The number of isocyanates is 4. The lowest BCUT2D eigenvalue weighted by Gasteiger charge is -2.39. The second-order valence-corrected chi connectivity index (χ2v) is 5.39. The van der Waals surface area contributed by atoms with Crippen LogP contribution < -0.4 is 0 Å². The summed E-state index contributed by atoms with van der Waals surface area (Å²) in [6.45, 7) is 0. The summed E-state index contributed by atoms with van der Waals surface area (Å²) >= 11 is 0. The van der Waals surface area contributed by atoms with Crippen LogP contribution in [0.2, 0.25) is 0 Å². The standard InChI is InChI=1S/C17H8F6N2O2.2CHNO.FH/c18-16(19,20)15(17(21,22)23,11-5-1-3-7-13(11)24-9-26)12-6-2-4-8-14(12)25-10-27;2*2-1-3;/h1-8H;2*2H;1H. The van der Waals surface area contributed by atoms with Crippen LogP contribution in [0.3, 0.4) is 0 Å². The summed E-state index contributed by atoms with van der Waals surface area (Å²) in [5.74, 6) is 0. The highest BCUT2D eigenvalue weighted by Crippen LogP contribution is 2.59. The summed E-state index contributed by atoms with van der Waals surface area (Å²) < 4.78 is 84.5. The molecular weight excluding hydrogens is 481 g/mol. The van der Waals surface area contributed by atoms with E-state index >= 15 is 0 Å². The molecule has 0 atom stereocenters. The van der Waals surface area contributed by atoms with Gasteiger partial charge in [0, 0.05) is 11.1 Å². The largest absolute Gasteiger partial charge is 0.411 e. The van der Waals surface area contributed by atoms with Gasteiger partial charge in [-0.2, -0.15) is 36.3 Å². The molecule has 0 radical (unpaired) electrons. The molecule has 0 aliphatic carbocycles. The Morgan fingerprint density at radius 3 is 1.12 bits per heavy atom. The predicted molar refractivity (Wildman–Crippen MR) is 101 cm³/mol. The van der Waals surface area contributed by atoms with E-state index in [0.717, 1.165) is 60.7 Å². The molecule has 2 rings (SSSR count). The van der Waals surface area contributed by atoms with Gasteiger partial charge >= 0.3 is 12.4 Å². The molecule has 34 heavy (non-hydrogen) atoms. The van der Waals surface area contributed by atoms with Crippen molar-refractivity contribution < 1.29 is 50.2 Å². The molecule has 0 amide bonds. The molecule has 180 valence electrons. The van der Waals surface area contributed by atoms with E-state index in [2.05, 4.69) is 9.98 Å². The molecule has 0 aliphatic rings. The van der Waals surface area contributed by atoms with E-state index < -0.39 is 40.3 Å². The van der Waals surface area contributed by atoms with Crippen molar-refractivity contribution in [1.29, 1.82) is 10.8 Å². The Balaban J connectivity index is 0. The number of rotatable bonds is 4. The zero-order valence-corrected chi connectivity index (χ0v) is 16.3. The molecule has 0 saturated carbocycles. The fraction of sp³-hybridized carbons (Fsp3) is 0.158. The molecular formula is C19H11F7N4O4. The molecule has 0 unspecified atom stereocenters. The first-order valence-corrected chi connectivity index (χ1v) is 8.00. The van der Waals surface area contributed by atoms with Crippen molar-refractivity contribution in [3.63, 3.8) is 0 Å². The van der Waals surface area contributed by atoms with Crippen LogP contribution in [0.5, 0.6) is 0 Å². The van der Waals surface area contributed by atoms with Crippen LogP contribution in [-0.2, 0) is 24.6 Å². The van der Waals surface area contributed by atoms with Crippen molar-refractivity contribution >= 4 is 35.7 Å². The van der Waals surface area contributed by atoms with E-state index in [0.29, 0.717) is 12.1 Å². The maximum atomic E-state index is 14.1. The molecule has 0 fully saturated rings. The van der Waals surface area contributed by atoms with Crippen LogP contribution in [0.25, 0.3) is 0 Å². The van der Waals surface area contributed by atoms with E-state index in [4.69, 9.17) is 20.4 Å². The average molecular weight is 492 g/mol. The summed E-state index contributed by atoms with van der Waals surface area (Å²) in [6.07, 6.45) is -8.45. The Morgan fingerprint density at radius 1 is 0.618 bits per heavy atom. The molecule has 15 heteroatoms. The first-order chi connectivity index (χ1) is 15.4. The number of hydrogen-bond donors (Lipinski definition) is 2. The normalized spacial score (nSPS) is 10.1. The minimum absolute atomic E-state index is 0. The summed E-state index contributed by atoms with van der Waals surface area (Å²) in [5, 5.41) is 10.8. The fourth-order valence-electron chi connectivity index (χ4n) is 2.79. The van der Waals surface area contributed by atoms with Crippen molar-refractivity contribution in [3.8, 4) is 0 Å². The van der Waals surface area contributed by atoms with Crippen molar-refractivity contribution in [3.05, 3.63) is 59.7 Å². The molecule has 0 saturated heterocycles. The fourth-order valence-corrected chi connectivity index (χ4v) is 2.79. The number of aliphatic imine (C=N–C) groups is 2. The molecule has 8 nitrogen and oxygen atoms in total. The van der Waals surface area contributed by atoms with E-state index in [1.165, 1.54) is 0 Å². The molecule has 0 aliphatic heterocycles. The van der Waals surface area contributed by atoms with Gasteiger partial charge in [0.15, 0.2) is 0 Å². The van der Waals surface area contributed by atoms with E-state index in [1.54, 1.807) is 0 Å². The van der Waals surface area contributed by atoms with Crippen LogP contribution in [-0.4, -0.2) is 36.7 Å². The summed E-state index contributed by atoms with van der Waals surface area (Å²) in [7, 11) is 0. The highest BCUT2D eigenvalue weighted by Gasteiger charge is 2.73. The smallest absolute Gasteiger partial charge is 0.269 e. The van der Waals surface area contributed by atoms with Gasteiger partial charge in [-0.25, -0.2) is 30.0 Å². The second kappa shape index (κ2) is 13.8. The average Bonchev–Trinajstić information content (AvgIpc) is 2.70. The topological polar surface area (TPSA) is 141 Å². The minimum atomic E-state index is -5.92. The molecule has 0 heterocycles. The third-order valence-corrected chi connectivity index (χ3v) is 3.80. The molecule has 0 aromatic heterocycles. The first kappa shape index (κ1) is 31.7. The summed E-state index contributed by atoms with van der Waals surface area (Å²) in [6, 6.07) is 6.86. The van der Waals surface area contributed by atoms with E-state index in [9.17, 15) is 35.9 Å². The lowest BCUT2D eigenvalue weighted by molar-refractivity contribution is -0.288. The lowest BCUT2D eigenvalue weighted by Crippen LogP contribution is -2.54. The van der Waals surface area contributed by atoms with Crippen LogP contribution in [0.15, 0.2) is 58.5 Å². The van der Waals surface area contributed by atoms with Crippen molar-refractivity contribution in [2.45, 2.75) is 17.8 Å². The van der Waals surface area contributed by atoms with E-state index in [1.807, 2.05) is 0 Å². The van der Waals surface area contributed by atoms with Gasteiger partial charge in [0.1, 0.15) is 0 Å². The molecule has 2 aromatic rings. The first-order valence-electron chi connectivity index (χ1n) is 8.00. The molecule has 0 bridgehead atoms. The SMILES string of the molecule is F.N=C=O.N=C=O.O=C=Nc1ccccc1C(c1ccccc1N=C=O)(C(F)(F)F)C(F)(F)F. The van der Waals surface area contributed by atoms with Crippen LogP contribution in [0.4, 0.5) is 42.4 Å². The lowest BCUT2D eigenvalue weighted by atomic mass is 9.71. The van der Waals surface area contributed by atoms with Gasteiger partial charge < -0.3 is 0 Å². The van der Waals surface area contributed by atoms with Gasteiger partial charge in [0.25, 0.3) is 0 Å². The van der Waals surface area contributed by atoms with E-state index in [-0.39, 0.29) is 4.70 Å². The Morgan fingerprint density at radius 2 is 0.882 bits per heavy atom. The minimum Gasteiger partial charge on any atom is -0.269 e. The van der Waals surface area contributed by atoms with Gasteiger partial charge in [0.05, 0.1) is 11.4 Å². The Bertz CT molecular complexity index is 1030. The third-order valence-electron chi connectivity index (χ3n) is 3.80. The Hall–Kier alpha value is -4.53. The van der Waals surface area contributed by atoms with Crippen molar-refractivity contribution in [2.24, 2.45) is 9.98 Å². The highest BCUT2D eigenvalue weighted by molar-refractivity contribution is 5.66. The number of halogens is 7. The van der Waals surface area contributed by atoms with Crippen LogP contribution in [0.1, 0.15) is 11.1 Å². The van der Waals surface area contributed by atoms with Crippen molar-refractivity contribution in [1.82, 2.24) is 0 Å². The maximum Gasteiger partial charge on any atom is 0.411 e. The monoisotopic (exact) mass is 492 g/mol. The number of nitrogens with zero attached hydrogens (tertiary/aromatic N) is 2.